The van der Waals surface area contributed by atoms with Crippen molar-refractivity contribution in [2.75, 3.05) is 5.32 Å². The molecule has 0 aliphatic rings. The molecule has 0 aliphatic heterocycles. The summed E-state index contributed by atoms with van der Waals surface area (Å²) >= 11 is 5.88. The van der Waals surface area contributed by atoms with Gasteiger partial charge in [-0.2, -0.15) is 14.0 Å². The predicted molar refractivity (Wildman–Crippen MR) is 76.5 cm³/mol. The Balaban J connectivity index is 2.12. The van der Waals surface area contributed by atoms with Crippen molar-refractivity contribution in [3.8, 4) is 11.8 Å². The van der Waals surface area contributed by atoms with Crippen molar-refractivity contribution in [1.29, 1.82) is 5.26 Å². The molecule has 1 unspecified atom stereocenters. The zero-order valence-electron chi connectivity index (χ0n) is 10.8. The SMILES string of the molecule is N#CC(Nc1cccc(Cl)c1)c1ccc(OC(F)F)cc1. The van der Waals surface area contributed by atoms with E-state index in [1.165, 1.54) is 12.1 Å². The summed E-state index contributed by atoms with van der Waals surface area (Å²) in [5, 5.41) is 12.8. The third-order valence-corrected chi connectivity index (χ3v) is 2.94. The number of halogens is 3. The fourth-order valence-corrected chi connectivity index (χ4v) is 1.97. The molecule has 1 atom stereocenters. The van der Waals surface area contributed by atoms with Gasteiger partial charge in [-0.3, -0.25) is 0 Å². The maximum Gasteiger partial charge on any atom is 0.387 e. The third-order valence-electron chi connectivity index (χ3n) is 2.70. The number of hydrogen-bond acceptors (Lipinski definition) is 3. The lowest BCUT2D eigenvalue weighted by atomic mass is 10.1. The lowest BCUT2D eigenvalue weighted by Crippen LogP contribution is -2.08. The molecule has 0 aromatic heterocycles. The molecule has 0 spiro atoms. The molecule has 2 aromatic carbocycles. The van der Waals surface area contributed by atoms with Crippen molar-refractivity contribution >= 4 is 17.3 Å². The van der Waals surface area contributed by atoms with Crippen LogP contribution in [-0.2, 0) is 0 Å². The molecule has 0 aliphatic carbocycles. The summed E-state index contributed by atoms with van der Waals surface area (Å²) in [6.07, 6.45) is 0. The van der Waals surface area contributed by atoms with E-state index in [2.05, 4.69) is 16.1 Å². The number of benzene rings is 2. The highest BCUT2D eigenvalue weighted by Crippen LogP contribution is 2.24. The fraction of sp³-hybridized carbons (Fsp3) is 0.133. The molecule has 1 N–H and O–H groups in total. The van der Waals surface area contributed by atoms with E-state index in [1.54, 1.807) is 36.4 Å². The highest BCUT2D eigenvalue weighted by molar-refractivity contribution is 6.30. The summed E-state index contributed by atoms with van der Waals surface area (Å²) < 4.78 is 28.4. The first-order valence-corrected chi connectivity index (χ1v) is 6.43. The third kappa shape index (κ3) is 4.33. The topological polar surface area (TPSA) is 45.0 Å². The highest BCUT2D eigenvalue weighted by Gasteiger charge is 2.11. The fourth-order valence-electron chi connectivity index (χ4n) is 1.78. The average molecular weight is 309 g/mol. The van der Waals surface area contributed by atoms with Crippen LogP contribution in [0.15, 0.2) is 48.5 Å². The minimum atomic E-state index is -2.87. The van der Waals surface area contributed by atoms with Crippen LogP contribution in [0.2, 0.25) is 5.02 Å². The number of ether oxygens (including phenoxy) is 1. The number of anilines is 1. The predicted octanol–water partition coefficient (Wildman–Crippen LogP) is 4.62. The Labute approximate surface area is 125 Å². The van der Waals surface area contributed by atoms with E-state index in [4.69, 9.17) is 11.6 Å². The normalized spacial score (nSPS) is 11.8. The van der Waals surface area contributed by atoms with E-state index in [9.17, 15) is 14.0 Å². The van der Waals surface area contributed by atoms with Crippen LogP contribution in [0, 0.1) is 11.3 Å². The van der Waals surface area contributed by atoms with E-state index < -0.39 is 12.7 Å². The van der Waals surface area contributed by atoms with Gasteiger partial charge in [0, 0.05) is 10.7 Å². The summed E-state index contributed by atoms with van der Waals surface area (Å²) in [4.78, 5) is 0. The minimum Gasteiger partial charge on any atom is -0.435 e. The number of nitrogens with zero attached hydrogens (tertiary/aromatic N) is 1. The summed E-state index contributed by atoms with van der Waals surface area (Å²) in [6, 6.07) is 14.4. The second-order valence-corrected chi connectivity index (χ2v) is 4.60. The van der Waals surface area contributed by atoms with Crippen LogP contribution in [0.1, 0.15) is 11.6 Å². The molecule has 3 nitrogen and oxygen atoms in total. The molecule has 0 radical (unpaired) electrons. The Morgan fingerprint density at radius 3 is 2.43 bits per heavy atom. The van der Waals surface area contributed by atoms with Crippen molar-refractivity contribution < 1.29 is 13.5 Å². The van der Waals surface area contributed by atoms with E-state index in [1.807, 2.05) is 0 Å². The van der Waals surface area contributed by atoms with E-state index in [0.717, 1.165) is 0 Å². The van der Waals surface area contributed by atoms with Crippen LogP contribution < -0.4 is 10.1 Å². The van der Waals surface area contributed by atoms with E-state index in [0.29, 0.717) is 16.3 Å². The lowest BCUT2D eigenvalue weighted by Gasteiger charge is -2.14. The number of hydrogen-bond donors (Lipinski definition) is 1. The lowest BCUT2D eigenvalue weighted by molar-refractivity contribution is -0.0498. The quantitative estimate of drug-likeness (QED) is 0.876. The maximum absolute atomic E-state index is 12.1. The summed E-state index contributed by atoms with van der Waals surface area (Å²) in [5.41, 5.74) is 1.33. The first kappa shape index (κ1) is 15.1. The van der Waals surface area contributed by atoms with Crippen molar-refractivity contribution in [3.63, 3.8) is 0 Å². The van der Waals surface area contributed by atoms with Gasteiger partial charge in [0.1, 0.15) is 11.8 Å². The molecule has 0 bridgehead atoms. The molecule has 0 saturated heterocycles. The molecule has 0 heterocycles. The largest absolute Gasteiger partial charge is 0.435 e. The molecule has 2 aromatic rings. The van der Waals surface area contributed by atoms with Crippen LogP contribution in [0.3, 0.4) is 0 Å². The molecular weight excluding hydrogens is 298 g/mol. The molecule has 2 rings (SSSR count). The summed E-state index contributed by atoms with van der Waals surface area (Å²) in [6.45, 7) is -2.87. The van der Waals surface area contributed by atoms with Gasteiger partial charge in [-0.1, -0.05) is 29.8 Å². The second kappa shape index (κ2) is 6.91. The Morgan fingerprint density at radius 1 is 1.14 bits per heavy atom. The van der Waals surface area contributed by atoms with Gasteiger partial charge in [-0.25, -0.2) is 0 Å². The van der Waals surface area contributed by atoms with Gasteiger partial charge in [0.05, 0.1) is 6.07 Å². The zero-order chi connectivity index (χ0) is 15.2. The number of rotatable bonds is 5. The van der Waals surface area contributed by atoms with Crippen molar-refractivity contribution in [1.82, 2.24) is 0 Å². The van der Waals surface area contributed by atoms with Crippen LogP contribution in [0.5, 0.6) is 5.75 Å². The Hall–Kier alpha value is -2.32. The van der Waals surface area contributed by atoms with Crippen LogP contribution in [0.25, 0.3) is 0 Å². The maximum atomic E-state index is 12.1. The zero-order valence-corrected chi connectivity index (χ0v) is 11.5. The van der Waals surface area contributed by atoms with Gasteiger partial charge in [0.15, 0.2) is 0 Å². The molecule has 6 heteroatoms. The van der Waals surface area contributed by atoms with E-state index >= 15 is 0 Å². The average Bonchev–Trinajstić information content (AvgIpc) is 2.45. The number of nitrogens with one attached hydrogen (secondary N) is 1. The highest BCUT2D eigenvalue weighted by atomic mass is 35.5. The molecule has 0 fully saturated rings. The summed E-state index contributed by atoms with van der Waals surface area (Å²) in [5.74, 6) is 0.0493. The van der Waals surface area contributed by atoms with E-state index in [-0.39, 0.29) is 5.75 Å². The van der Waals surface area contributed by atoms with Crippen molar-refractivity contribution in [2.45, 2.75) is 12.7 Å². The molecule has 0 amide bonds. The van der Waals surface area contributed by atoms with Crippen molar-refractivity contribution in [3.05, 3.63) is 59.1 Å². The molecule has 108 valence electrons. The number of nitriles is 1. The molecular formula is C15H11ClF2N2O. The van der Waals surface area contributed by atoms with Gasteiger partial charge in [0.2, 0.25) is 0 Å². The molecule has 21 heavy (non-hydrogen) atoms. The Morgan fingerprint density at radius 2 is 1.86 bits per heavy atom. The Bertz CT molecular complexity index is 641. The number of alkyl halides is 2. The minimum absolute atomic E-state index is 0.0493. The van der Waals surface area contributed by atoms with Crippen molar-refractivity contribution in [2.24, 2.45) is 0 Å². The summed E-state index contributed by atoms with van der Waals surface area (Å²) in [7, 11) is 0. The van der Waals surface area contributed by atoms with Crippen LogP contribution in [-0.4, -0.2) is 6.61 Å². The monoisotopic (exact) mass is 308 g/mol. The molecule has 0 saturated carbocycles. The van der Waals surface area contributed by atoms with Gasteiger partial charge < -0.3 is 10.1 Å². The smallest absolute Gasteiger partial charge is 0.387 e. The first-order valence-electron chi connectivity index (χ1n) is 6.05. The van der Waals surface area contributed by atoms with Gasteiger partial charge in [-0.15, -0.1) is 0 Å². The van der Waals surface area contributed by atoms with Crippen LogP contribution >= 0.6 is 11.6 Å². The van der Waals surface area contributed by atoms with Gasteiger partial charge in [0.25, 0.3) is 0 Å². The standard InChI is InChI=1S/C15H11ClF2N2O/c16-11-2-1-3-12(8-11)20-14(9-19)10-4-6-13(7-5-10)21-15(17)18/h1-8,14-15,20H. The first-order chi connectivity index (χ1) is 10.1. The van der Waals surface area contributed by atoms with Gasteiger partial charge in [-0.05, 0) is 35.9 Å². The van der Waals surface area contributed by atoms with Crippen LogP contribution in [0.4, 0.5) is 14.5 Å². The Kier molecular flexibility index (Phi) is 4.96. The van der Waals surface area contributed by atoms with Gasteiger partial charge >= 0.3 is 6.61 Å². The second-order valence-electron chi connectivity index (χ2n) is 4.16.